The molecule has 0 aromatic carbocycles. The van der Waals surface area contributed by atoms with Crippen LogP contribution in [0.2, 0.25) is 0 Å². The first-order chi connectivity index (χ1) is 11.4. The first-order valence-corrected chi connectivity index (χ1v) is 9.68. The molecule has 142 valence electrons. The number of fused-ring (bicyclic) bond motifs is 1. The monoisotopic (exact) mass is 348 g/mol. The van der Waals surface area contributed by atoms with Crippen LogP contribution < -0.4 is 0 Å². The maximum absolute atomic E-state index is 11.5. The van der Waals surface area contributed by atoms with Crippen LogP contribution in [0.3, 0.4) is 0 Å². The van der Waals surface area contributed by atoms with Gasteiger partial charge in [0.05, 0.1) is 5.60 Å². The lowest BCUT2D eigenvalue weighted by atomic mass is 9.51. The highest BCUT2D eigenvalue weighted by molar-refractivity contribution is 5.66. The molecule has 0 radical (unpaired) electrons. The fourth-order valence-electron chi connectivity index (χ4n) is 4.93. The Labute approximate surface area is 153 Å². The molecule has 2 aliphatic carbocycles. The molecule has 3 nitrogen and oxygen atoms in total. The molecule has 0 bridgehead atoms. The molecule has 2 aliphatic rings. The van der Waals surface area contributed by atoms with E-state index in [1.807, 2.05) is 6.92 Å². The lowest BCUT2D eigenvalue weighted by Crippen LogP contribution is -2.49. The molecule has 5 atom stereocenters. The van der Waals surface area contributed by atoms with E-state index in [0.29, 0.717) is 11.8 Å². The topological polar surface area (TPSA) is 46.5 Å². The minimum atomic E-state index is -0.811. The predicted octanol–water partition coefficient (Wildman–Crippen LogP) is 5.04. The van der Waals surface area contributed by atoms with Gasteiger partial charge in [0.2, 0.25) is 0 Å². The number of rotatable bonds is 5. The van der Waals surface area contributed by atoms with Crippen LogP contribution >= 0.6 is 0 Å². The van der Waals surface area contributed by atoms with Crippen LogP contribution in [0.1, 0.15) is 73.6 Å². The number of esters is 1. The molecule has 0 aromatic heterocycles. The molecule has 0 unspecified atom stereocenters. The fraction of sp³-hybridized carbons (Fsp3) is 0.773. The summed E-state index contributed by atoms with van der Waals surface area (Å²) in [5.74, 6) is 0.868. The quantitative estimate of drug-likeness (QED) is 0.559. The molecular weight excluding hydrogens is 312 g/mol. The highest BCUT2D eigenvalue weighted by Gasteiger charge is 2.52. The maximum Gasteiger partial charge on any atom is 0.302 e. The number of hydrogen-bond acceptors (Lipinski definition) is 3. The molecule has 2 rings (SSSR count). The van der Waals surface area contributed by atoms with Gasteiger partial charge in [-0.1, -0.05) is 45.4 Å². The highest BCUT2D eigenvalue weighted by Crippen LogP contribution is 2.58. The van der Waals surface area contributed by atoms with Crippen molar-refractivity contribution in [3.05, 3.63) is 24.3 Å². The lowest BCUT2D eigenvalue weighted by Gasteiger charge is -2.55. The van der Waals surface area contributed by atoms with Crippen molar-refractivity contribution in [2.75, 3.05) is 0 Å². The van der Waals surface area contributed by atoms with Gasteiger partial charge in [-0.2, -0.15) is 0 Å². The second-order valence-corrected chi connectivity index (χ2v) is 9.31. The summed E-state index contributed by atoms with van der Waals surface area (Å²) in [4.78, 5) is 11.5. The van der Waals surface area contributed by atoms with Crippen LogP contribution in [0.15, 0.2) is 24.3 Å². The Morgan fingerprint density at radius 3 is 2.64 bits per heavy atom. The molecule has 0 aliphatic heterocycles. The Hall–Kier alpha value is -1.09. The highest BCUT2D eigenvalue weighted by atomic mass is 16.5. The third-order valence-corrected chi connectivity index (χ3v) is 7.17. The molecule has 1 fully saturated rings. The molecule has 0 heterocycles. The summed E-state index contributed by atoms with van der Waals surface area (Å²) in [7, 11) is 0. The van der Waals surface area contributed by atoms with Gasteiger partial charge in [0.1, 0.15) is 6.10 Å². The van der Waals surface area contributed by atoms with Gasteiger partial charge in [-0.15, -0.1) is 6.58 Å². The molecule has 0 spiro atoms. The normalized spacial score (nSPS) is 36.6. The lowest BCUT2D eigenvalue weighted by molar-refractivity contribution is -0.154. The summed E-state index contributed by atoms with van der Waals surface area (Å²) in [6.07, 6.45) is 8.73. The van der Waals surface area contributed by atoms with E-state index in [2.05, 4.69) is 40.3 Å². The summed E-state index contributed by atoms with van der Waals surface area (Å²) >= 11 is 0. The molecule has 3 heteroatoms. The van der Waals surface area contributed by atoms with E-state index in [9.17, 15) is 9.90 Å². The number of carbonyl (C=O) groups is 1. The summed E-state index contributed by atoms with van der Waals surface area (Å²) in [6, 6.07) is 0. The Kier molecular flexibility index (Phi) is 5.59. The number of ether oxygens (including phenoxy) is 1. The predicted molar refractivity (Wildman–Crippen MR) is 102 cm³/mol. The van der Waals surface area contributed by atoms with Crippen LogP contribution in [0.4, 0.5) is 0 Å². The standard InChI is InChI=1S/C22H36O3/c1-8-21(6,24)13-14-22(7)15(2)9-10-17-18(22)11-12-19(20(17,4)5)25-16(3)23/h8,10,15,18-19,24H,1,9,11-14H2,2-7H3/t15-,18+,19+,21-,22-/m1/s1. The summed E-state index contributed by atoms with van der Waals surface area (Å²) in [6.45, 7) is 16.3. The Morgan fingerprint density at radius 2 is 2.08 bits per heavy atom. The van der Waals surface area contributed by atoms with Crippen molar-refractivity contribution in [1.29, 1.82) is 0 Å². The van der Waals surface area contributed by atoms with Gasteiger partial charge in [-0.25, -0.2) is 0 Å². The largest absolute Gasteiger partial charge is 0.462 e. The first kappa shape index (κ1) is 20.2. The zero-order valence-corrected chi connectivity index (χ0v) is 16.9. The molecule has 1 saturated carbocycles. The molecule has 0 amide bonds. The summed E-state index contributed by atoms with van der Waals surface area (Å²) < 4.78 is 5.65. The van der Waals surface area contributed by atoms with Gasteiger partial charge in [-0.05, 0) is 56.3 Å². The van der Waals surface area contributed by atoms with Crippen molar-refractivity contribution < 1.29 is 14.6 Å². The van der Waals surface area contributed by atoms with Crippen molar-refractivity contribution in [3.8, 4) is 0 Å². The van der Waals surface area contributed by atoms with E-state index in [4.69, 9.17) is 4.74 Å². The molecular formula is C22H36O3. The van der Waals surface area contributed by atoms with Gasteiger partial charge in [0.25, 0.3) is 0 Å². The van der Waals surface area contributed by atoms with E-state index in [-0.39, 0.29) is 22.9 Å². The first-order valence-electron chi connectivity index (χ1n) is 9.68. The third kappa shape index (κ3) is 3.86. The Balaban J connectivity index is 2.28. The maximum atomic E-state index is 11.5. The van der Waals surface area contributed by atoms with Crippen LogP contribution in [-0.2, 0) is 9.53 Å². The average Bonchev–Trinajstić information content (AvgIpc) is 2.51. The van der Waals surface area contributed by atoms with Gasteiger partial charge in [0.15, 0.2) is 0 Å². The number of carbonyl (C=O) groups excluding carboxylic acids is 1. The number of allylic oxidation sites excluding steroid dienone is 1. The van der Waals surface area contributed by atoms with Gasteiger partial charge in [0, 0.05) is 12.3 Å². The van der Waals surface area contributed by atoms with E-state index >= 15 is 0 Å². The van der Waals surface area contributed by atoms with Crippen molar-refractivity contribution in [2.24, 2.45) is 22.7 Å². The Bertz CT molecular complexity index is 558. The average molecular weight is 349 g/mol. The SMILES string of the molecule is C=C[C@@](C)(O)CC[C@]1(C)[C@H](C)CC=C2[C@@H]1CC[C@H](OC(C)=O)C2(C)C. The second kappa shape index (κ2) is 6.90. The van der Waals surface area contributed by atoms with E-state index in [1.54, 1.807) is 6.08 Å². The molecule has 0 saturated heterocycles. The summed E-state index contributed by atoms with van der Waals surface area (Å²) in [5, 5.41) is 10.4. The Morgan fingerprint density at radius 1 is 1.44 bits per heavy atom. The number of hydrogen-bond donors (Lipinski definition) is 1. The van der Waals surface area contributed by atoms with Crippen LogP contribution in [0.25, 0.3) is 0 Å². The van der Waals surface area contributed by atoms with Crippen LogP contribution in [-0.4, -0.2) is 22.8 Å². The van der Waals surface area contributed by atoms with Gasteiger partial charge >= 0.3 is 5.97 Å². The fourth-order valence-corrected chi connectivity index (χ4v) is 4.93. The minimum Gasteiger partial charge on any atom is -0.462 e. The van der Waals surface area contributed by atoms with E-state index in [0.717, 1.165) is 32.1 Å². The van der Waals surface area contributed by atoms with Crippen molar-refractivity contribution in [2.45, 2.75) is 85.4 Å². The van der Waals surface area contributed by atoms with E-state index in [1.165, 1.54) is 12.5 Å². The smallest absolute Gasteiger partial charge is 0.302 e. The minimum absolute atomic E-state index is 0.0403. The van der Waals surface area contributed by atoms with Crippen molar-refractivity contribution in [3.63, 3.8) is 0 Å². The van der Waals surface area contributed by atoms with Gasteiger partial charge < -0.3 is 9.84 Å². The zero-order chi connectivity index (χ0) is 19.0. The van der Waals surface area contributed by atoms with Gasteiger partial charge in [-0.3, -0.25) is 4.79 Å². The number of aliphatic hydroxyl groups is 1. The third-order valence-electron chi connectivity index (χ3n) is 7.17. The van der Waals surface area contributed by atoms with Crippen LogP contribution in [0, 0.1) is 22.7 Å². The van der Waals surface area contributed by atoms with Crippen molar-refractivity contribution >= 4 is 5.97 Å². The molecule has 0 aromatic rings. The zero-order valence-electron chi connectivity index (χ0n) is 16.9. The van der Waals surface area contributed by atoms with Crippen LogP contribution in [0.5, 0.6) is 0 Å². The van der Waals surface area contributed by atoms with E-state index < -0.39 is 5.60 Å². The van der Waals surface area contributed by atoms with Crippen molar-refractivity contribution in [1.82, 2.24) is 0 Å². The molecule has 1 N–H and O–H groups in total. The summed E-state index contributed by atoms with van der Waals surface area (Å²) in [5.41, 5.74) is 0.657. The molecule has 25 heavy (non-hydrogen) atoms. The second-order valence-electron chi connectivity index (χ2n) is 9.31.